The maximum atomic E-state index is 11.3. The highest BCUT2D eigenvalue weighted by Crippen LogP contribution is 2.15. The van der Waals surface area contributed by atoms with Gasteiger partial charge in [-0.05, 0) is 13.3 Å². The van der Waals surface area contributed by atoms with Gasteiger partial charge in [-0.15, -0.1) is 0 Å². The van der Waals surface area contributed by atoms with Crippen molar-refractivity contribution in [3.63, 3.8) is 0 Å². The fourth-order valence-electron chi connectivity index (χ4n) is 1.39. The summed E-state index contributed by atoms with van der Waals surface area (Å²) < 4.78 is 24.0. The van der Waals surface area contributed by atoms with Gasteiger partial charge in [0, 0.05) is 13.1 Å². The number of allylic oxidation sites excluding steroid dienone is 2. The van der Waals surface area contributed by atoms with Crippen molar-refractivity contribution >= 4 is 10.0 Å². The third kappa shape index (κ3) is 3.64. The second-order valence-electron chi connectivity index (χ2n) is 3.35. The first-order valence-electron chi connectivity index (χ1n) is 4.56. The second kappa shape index (κ2) is 5.32. The SMILES string of the molecule is C=C/C=C(\C)[C@@H](CC)N(C)S(C)(=O)=O. The number of likely N-dealkylation sites (N-methyl/N-ethyl adjacent to an activating group) is 1. The summed E-state index contributed by atoms with van der Waals surface area (Å²) in [5.74, 6) is 0. The Kier molecular flexibility index (Phi) is 5.08. The van der Waals surface area contributed by atoms with Gasteiger partial charge in [0.25, 0.3) is 0 Å². The third-order valence-electron chi connectivity index (χ3n) is 2.26. The molecular formula is C10H19NO2S. The van der Waals surface area contributed by atoms with Gasteiger partial charge in [-0.2, -0.15) is 4.31 Å². The number of sulfonamides is 1. The lowest BCUT2D eigenvalue weighted by molar-refractivity contribution is 0.399. The number of rotatable bonds is 5. The van der Waals surface area contributed by atoms with Crippen LogP contribution < -0.4 is 0 Å². The molecule has 1 atom stereocenters. The fourth-order valence-corrected chi connectivity index (χ4v) is 2.17. The topological polar surface area (TPSA) is 37.4 Å². The quantitative estimate of drug-likeness (QED) is 0.658. The molecule has 0 aromatic carbocycles. The van der Waals surface area contributed by atoms with Crippen LogP contribution in [0.15, 0.2) is 24.3 Å². The Bertz CT molecular complexity index is 317. The second-order valence-corrected chi connectivity index (χ2v) is 5.39. The molecule has 0 bridgehead atoms. The first-order valence-corrected chi connectivity index (χ1v) is 6.41. The lowest BCUT2D eigenvalue weighted by Gasteiger charge is -2.25. The van der Waals surface area contributed by atoms with Crippen molar-refractivity contribution < 1.29 is 8.42 Å². The maximum absolute atomic E-state index is 11.3. The van der Waals surface area contributed by atoms with E-state index < -0.39 is 10.0 Å². The lowest BCUT2D eigenvalue weighted by atomic mass is 10.1. The molecule has 0 saturated heterocycles. The van der Waals surface area contributed by atoms with Crippen LogP contribution in [-0.4, -0.2) is 32.1 Å². The largest absolute Gasteiger partial charge is 0.212 e. The molecule has 0 aliphatic carbocycles. The smallest absolute Gasteiger partial charge is 0.211 e. The average Bonchev–Trinajstić information content (AvgIpc) is 2.04. The zero-order valence-electron chi connectivity index (χ0n) is 9.32. The van der Waals surface area contributed by atoms with Crippen molar-refractivity contribution in [2.45, 2.75) is 26.3 Å². The summed E-state index contributed by atoms with van der Waals surface area (Å²) in [6.45, 7) is 7.47. The van der Waals surface area contributed by atoms with Gasteiger partial charge in [0.2, 0.25) is 10.0 Å². The van der Waals surface area contributed by atoms with Gasteiger partial charge in [-0.25, -0.2) is 8.42 Å². The zero-order valence-corrected chi connectivity index (χ0v) is 10.1. The van der Waals surface area contributed by atoms with Gasteiger partial charge in [0.15, 0.2) is 0 Å². The molecule has 0 amide bonds. The van der Waals surface area contributed by atoms with E-state index in [1.807, 2.05) is 19.9 Å². The van der Waals surface area contributed by atoms with Crippen LogP contribution in [0.3, 0.4) is 0 Å². The molecule has 0 heterocycles. The molecule has 0 N–H and O–H groups in total. The van der Waals surface area contributed by atoms with E-state index >= 15 is 0 Å². The third-order valence-corrected chi connectivity index (χ3v) is 3.56. The molecule has 0 aliphatic rings. The van der Waals surface area contributed by atoms with E-state index in [0.29, 0.717) is 0 Å². The van der Waals surface area contributed by atoms with Gasteiger partial charge in [-0.3, -0.25) is 0 Å². The van der Waals surface area contributed by atoms with Crippen LogP contribution >= 0.6 is 0 Å². The van der Waals surface area contributed by atoms with Crippen LogP contribution in [0.25, 0.3) is 0 Å². The Morgan fingerprint density at radius 3 is 2.36 bits per heavy atom. The predicted molar refractivity (Wildman–Crippen MR) is 60.6 cm³/mol. The summed E-state index contributed by atoms with van der Waals surface area (Å²) in [7, 11) is -1.52. The molecule has 0 spiro atoms. The molecule has 0 aromatic rings. The molecule has 0 aliphatic heterocycles. The maximum Gasteiger partial charge on any atom is 0.211 e. The summed E-state index contributed by atoms with van der Waals surface area (Å²) in [4.78, 5) is 0. The van der Waals surface area contributed by atoms with Crippen molar-refractivity contribution in [1.82, 2.24) is 4.31 Å². The van der Waals surface area contributed by atoms with Crippen LogP contribution in [0.2, 0.25) is 0 Å². The van der Waals surface area contributed by atoms with Crippen molar-refractivity contribution in [3.8, 4) is 0 Å². The van der Waals surface area contributed by atoms with Crippen molar-refractivity contribution in [3.05, 3.63) is 24.3 Å². The molecule has 82 valence electrons. The van der Waals surface area contributed by atoms with Crippen LogP contribution in [0, 0.1) is 0 Å². The molecule has 0 radical (unpaired) electrons. The van der Waals surface area contributed by atoms with E-state index in [1.165, 1.54) is 10.6 Å². The predicted octanol–water partition coefficient (Wildman–Crippen LogP) is 1.79. The molecule has 3 nitrogen and oxygen atoms in total. The van der Waals surface area contributed by atoms with Gasteiger partial charge in [-0.1, -0.05) is 31.2 Å². The fraction of sp³-hybridized carbons (Fsp3) is 0.600. The molecule has 4 heteroatoms. The van der Waals surface area contributed by atoms with E-state index in [-0.39, 0.29) is 6.04 Å². The Labute approximate surface area is 87.2 Å². The lowest BCUT2D eigenvalue weighted by Crippen LogP contribution is -2.36. The highest BCUT2D eigenvalue weighted by Gasteiger charge is 2.21. The molecule has 14 heavy (non-hydrogen) atoms. The van der Waals surface area contributed by atoms with E-state index in [0.717, 1.165) is 12.0 Å². The van der Waals surface area contributed by atoms with Crippen molar-refractivity contribution in [1.29, 1.82) is 0 Å². The van der Waals surface area contributed by atoms with Crippen molar-refractivity contribution in [2.24, 2.45) is 0 Å². The summed E-state index contributed by atoms with van der Waals surface area (Å²) in [6.07, 6.45) is 5.50. The van der Waals surface area contributed by atoms with Crippen LogP contribution in [0.5, 0.6) is 0 Å². The zero-order chi connectivity index (χ0) is 11.4. The van der Waals surface area contributed by atoms with Crippen LogP contribution in [-0.2, 0) is 10.0 Å². The molecule has 0 unspecified atom stereocenters. The van der Waals surface area contributed by atoms with Crippen LogP contribution in [0.4, 0.5) is 0 Å². The number of nitrogens with zero attached hydrogens (tertiary/aromatic N) is 1. The van der Waals surface area contributed by atoms with E-state index in [4.69, 9.17) is 0 Å². The van der Waals surface area contributed by atoms with E-state index in [9.17, 15) is 8.42 Å². The summed E-state index contributed by atoms with van der Waals surface area (Å²) in [5.41, 5.74) is 1.01. The van der Waals surface area contributed by atoms with Gasteiger partial charge >= 0.3 is 0 Å². The molecule has 0 aromatic heterocycles. The summed E-state index contributed by atoms with van der Waals surface area (Å²) >= 11 is 0. The molecule has 0 fully saturated rings. The average molecular weight is 217 g/mol. The van der Waals surface area contributed by atoms with E-state index in [1.54, 1.807) is 13.1 Å². The Hall–Kier alpha value is -0.610. The number of hydrogen-bond acceptors (Lipinski definition) is 2. The van der Waals surface area contributed by atoms with Gasteiger partial charge in [0.05, 0.1) is 6.26 Å². The van der Waals surface area contributed by atoms with Gasteiger partial charge in [0.1, 0.15) is 0 Å². The standard InChI is InChI=1S/C10H19NO2S/c1-6-8-9(3)10(7-2)11(4)14(5,12)13/h6,8,10H,1,7H2,2-5H3/b9-8+/t10-/m1/s1. The highest BCUT2D eigenvalue weighted by molar-refractivity contribution is 7.88. The minimum absolute atomic E-state index is 0.0667. The first-order chi connectivity index (χ1) is 6.34. The summed E-state index contributed by atoms with van der Waals surface area (Å²) in [5, 5.41) is 0. The van der Waals surface area contributed by atoms with Gasteiger partial charge < -0.3 is 0 Å². The first kappa shape index (κ1) is 13.4. The Morgan fingerprint density at radius 1 is 1.57 bits per heavy atom. The van der Waals surface area contributed by atoms with E-state index in [2.05, 4.69) is 6.58 Å². The minimum Gasteiger partial charge on any atom is -0.212 e. The van der Waals surface area contributed by atoms with Crippen molar-refractivity contribution in [2.75, 3.05) is 13.3 Å². The normalized spacial score (nSPS) is 15.6. The molecule has 0 saturated carbocycles. The molecule has 0 rings (SSSR count). The summed E-state index contributed by atoms with van der Waals surface area (Å²) in [6, 6.07) is -0.0667. The Morgan fingerprint density at radius 2 is 2.07 bits per heavy atom. The monoisotopic (exact) mass is 217 g/mol. The number of hydrogen-bond donors (Lipinski definition) is 0. The minimum atomic E-state index is -3.12. The highest BCUT2D eigenvalue weighted by atomic mass is 32.2. The molecular weight excluding hydrogens is 198 g/mol. The van der Waals surface area contributed by atoms with Crippen LogP contribution in [0.1, 0.15) is 20.3 Å². The Balaban J connectivity index is 4.92.